The summed E-state index contributed by atoms with van der Waals surface area (Å²) in [7, 11) is -2.53. The number of anilines is 2. The van der Waals surface area contributed by atoms with E-state index in [0.29, 0.717) is 6.07 Å². The maximum absolute atomic E-state index is 15.5. The van der Waals surface area contributed by atoms with Gasteiger partial charge in [-0.15, -0.1) is 6.42 Å². The normalized spacial score (nSPS) is 18.0. The number of carbonyl (C=O) groups is 1. The Morgan fingerprint density at radius 2 is 1.76 bits per heavy atom. The molecule has 3 aromatic heterocycles. The van der Waals surface area contributed by atoms with Crippen LogP contribution in [-0.2, 0) is 53.4 Å². The number of aryl methyl sites for hydroxylation is 1. The van der Waals surface area contributed by atoms with Crippen LogP contribution in [0.15, 0.2) is 36.4 Å². The summed E-state index contributed by atoms with van der Waals surface area (Å²) in [6.45, 7) is -1.27. The van der Waals surface area contributed by atoms with Gasteiger partial charge in [-0.25, -0.2) is 31.0 Å². The third-order valence-corrected chi connectivity index (χ3v) is 11.0. The van der Waals surface area contributed by atoms with E-state index in [0.717, 1.165) is 18.4 Å². The number of amides is 1. The summed E-state index contributed by atoms with van der Waals surface area (Å²) in [6.07, 6.45) is -2.67. The SMILES string of the molecule is C#C[C@@H]1Cc2c(C(F)(F)F)nn(CC(=O)N[C@@H](Cc3cc(F)cc(F)c3)c3nc(C#CC4(O)CC(F)(F)C4)c(N)cc3-c3ccc(Cl)c4c(NS(C)(=O)=O)nn(C)c34)c2C1(F)F. The molecule has 5 aromatic rings. The number of nitrogen functional groups attached to an aromatic ring is 1. The standard InChI is InChI=1S/C39H30ClF9N8O4S/c1-4-19-12-24-33(39(47,48)49)53-57(34(24)38(19,45)46)15-29(58)51-28(11-18-9-20(41)13-21(42)10-18)31-23(14-26(50)27(52-31)7-8-36(59)16-37(43,44)17-36)22-5-6-25(40)30-32(22)56(2)54-35(30)55-62(3,60)61/h1,5-6,9-10,13-14,19,28,59H,11-12,15-17,50H2,2-3H3,(H,51,58)(H,54,55)/t19-,28+/m1/s1. The number of benzene rings is 2. The van der Waals surface area contributed by atoms with Crippen LogP contribution < -0.4 is 15.8 Å². The molecule has 3 heterocycles. The van der Waals surface area contributed by atoms with Gasteiger partial charge in [-0.05, 0) is 48.6 Å². The third kappa shape index (κ3) is 8.46. The molecule has 23 heteroatoms. The number of carbonyl (C=O) groups excluding carboxylic acids is 1. The van der Waals surface area contributed by atoms with Crippen LogP contribution >= 0.6 is 11.6 Å². The number of terminal acetylenes is 1. The fraction of sp³-hybridized carbons (Fsp3) is 0.333. The Balaban J connectivity index is 1.42. The number of sulfonamides is 1. The summed E-state index contributed by atoms with van der Waals surface area (Å²) in [5.41, 5.74) is -0.413. The van der Waals surface area contributed by atoms with E-state index in [2.05, 4.69) is 37.1 Å². The number of aromatic nitrogens is 5. The average Bonchev–Trinajstić information content (AvgIpc) is 3.74. The van der Waals surface area contributed by atoms with Crippen molar-refractivity contribution in [2.75, 3.05) is 16.7 Å². The Labute approximate surface area is 350 Å². The zero-order valence-electron chi connectivity index (χ0n) is 31.9. The number of hydrogen-bond donors (Lipinski definition) is 4. The Morgan fingerprint density at radius 1 is 1.10 bits per heavy atom. The summed E-state index contributed by atoms with van der Waals surface area (Å²) in [4.78, 5) is 18.5. The second-order valence-electron chi connectivity index (χ2n) is 15.0. The number of pyridine rings is 1. The molecule has 0 saturated heterocycles. The van der Waals surface area contributed by atoms with Gasteiger partial charge in [-0.3, -0.25) is 18.9 Å². The first kappa shape index (κ1) is 44.1. The van der Waals surface area contributed by atoms with Crippen molar-refractivity contribution in [2.24, 2.45) is 13.0 Å². The summed E-state index contributed by atoms with van der Waals surface area (Å²) >= 11 is 6.54. The lowest BCUT2D eigenvalue weighted by Crippen LogP contribution is -2.50. The van der Waals surface area contributed by atoms with Crippen molar-refractivity contribution >= 4 is 49.9 Å². The van der Waals surface area contributed by atoms with Gasteiger partial charge in [0, 0.05) is 29.8 Å². The van der Waals surface area contributed by atoms with Gasteiger partial charge in [0.05, 0.1) is 58.4 Å². The number of aliphatic hydroxyl groups is 1. The first-order valence-electron chi connectivity index (χ1n) is 18.0. The third-order valence-electron chi connectivity index (χ3n) is 10.1. The predicted octanol–water partition coefficient (Wildman–Crippen LogP) is 6.25. The summed E-state index contributed by atoms with van der Waals surface area (Å²) in [6, 6.07) is 4.69. The smallest absolute Gasteiger partial charge is 0.396 e. The molecule has 2 atom stereocenters. The van der Waals surface area contributed by atoms with E-state index < -0.39 is 112 Å². The second-order valence-corrected chi connectivity index (χ2v) is 17.2. The van der Waals surface area contributed by atoms with Gasteiger partial charge in [0.1, 0.15) is 35.2 Å². The van der Waals surface area contributed by atoms with E-state index in [1.165, 1.54) is 29.9 Å². The molecule has 1 amide bonds. The van der Waals surface area contributed by atoms with Crippen LogP contribution in [0.3, 0.4) is 0 Å². The van der Waals surface area contributed by atoms with Crippen molar-refractivity contribution in [2.45, 2.75) is 61.9 Å². The number of fused-ring (bicyclic) bond motifs is 2. The molecule has 0 radical (unpaired) electrons. The van der Waals surface area contributed by atoms with Crippen LogP contribution in [0.1, 0.15) is 52.8 Å². The molecule has 12 nitrogen and oxygen atoms in total. The average molecular weight is 913 g/mol. The molecule has 0 spiro atoms. The molecule has 7 rings (SSSR count). The second kappa shape index (κ2) is 15.1. The van der Waals surface area contributed by atoms with Gasteiger partial charge in [0.25, 0.3) is 5.92 Å². The molecular formula is C39H30ClF9N8O4S. The van der Waals surface area contributed by atoms with Crippen LogP contribution in [-0.4, -0.2) is 61.8 Å². The van der Waals surface area contributed by atoms with Gasteiger partial charge in [-0.1, -0.05) is 29.5 Å². The van der Waals surface area contributed by atoms with Crippen LogP contribution in [0.5, 0.6) is 0 Å². The van der Waals surface area contributed by atoms with E-state index in [-0.39, 0.29) is 60.2 Å². The number of halogens is 10. The minimum atomic E-state index is -5.23. The predicted molar refractivity (Wildman–Crippen MR) is 206 cm³/mol. The molecule has 2 aliphatic carbocycles. The molecule has 62 heavy (non-hydrogen) atoms. The zero-order valence-corrected chi connectivity index (χ0v) is 33.5. The molecule has 2 aliphatic rings. The fourth-order valence-electron chi connectivity index (χ4n) is 7.66. The molecule has 2 aromatic carbocycles. The van der Waals surface area contributed by atoms with Crippen LogP contribution in [0.4, 0.5) is 51.0 Å². The molecule has 1 saturated carbocycles. The molecule has 0 unspecified atom stereocenters. The molecule has 5 N–H and O–H groups in total. The number of hydrogen-bond acceptors (Lipinski definition) is 8. The number of rotatable bonds is 9. The summed E-state index contributed by atoms with van der Waals surface area (Å²) in [5, 5.41) is 20.7. The van der Waals surface area contributed by atoms with Crippen molar-refractivity contribution in [1.29, 1.82) is 0 Å². The summed E-state index contributed by atoms with van der Waals surface area (Å²) < 4.78 is 158. The van der Waals surface area contributed by atoms with E-state index in [9.17, 15) is 49.1 Å². The maximum Gasteiger partial charge on any atom is 0.435 e. The van der Waals surface area contributed by atoms with E-state index >= 15 is 8.78 Å². The lowest BCUT2D eigenvalue weighted by Gasteiger charge is -2.39. The van der Waals surface area contributed by atoms with Crippen LogP contribution in [0.25, 0.3) is 22.0 Å². The zero-order chi connectivity index (χ0) is 45.5. The van der Waals surface area contributed by atoms with Gasteiger partial charge >= 0.3 is 12.1 Å². The van der Waals surface area contributed by atoms with E-state index in [1.54, 1.807) is 5.92 Å². The summed E-state index contributed by atoms with van der Waals surface area (Å²) in [5.74, 6) is -6.35. The highest BCUT2D eigenvalue weighted by Crippen LogP contribution is 2.50. The number of alkyl halides is 7. The van der Waals surface area contributed by atoms with Gasteiger partial charge in [0.2, 0.25) is 15.9 Å². The number of nitrogens with one attached hydrogen (secondary N) is 2. The Bertz CT molecular complexity index is 2890. The van der Waals surface area contributed by atoms with Gasteiger partial charge < -0.3 is 16.2 Å². The lowest BCUT2D eigenvalue weighted by atomic mass is 9.77. The monoisotopic (exact) mass is 912 g/mol. The minimum Gasteiger partial charge on any atom is -0.396 e. The quantitative estimate of drug-likeness (QED) is 0.0995. The maximum atomic E-state index is 15.5. The van der Waals surface area contributed by atoms with E-state index in [4.69, 9.17) is 23.8 Å². The van der Waals surface area contributed by atoms with Crippen molar-refractivity contribution in [3.63, 3.8) is 0 Å². The van der Waals surface area contributed by atoms with Crippen molar-refractivity contribution in [3.8, 4) is 35.3 Å². The lowest BCUT2D eigenvalue weighted by molar-refractivity contribution is -0.176. The van der Waals surface area contributed by atoms with Crippen molar-refractivity contribution < 1.29 is 57.8 Å². The Morgan fingerprint density at radius 3 is 2.35 bits per heavy atom. The van der Waals surface area contributed by atoms with Crippen molar-refractivity contribution in [3.05, 3.63) is 87.0 Å². The molecule has 0 bridgehead atoms. The van der Waals surface area contributed by atoms with E-state index in [1.807, 2.05) is 0 Å². The Kier molecular flexibility index (Phi) is 10.8. The fourth-order valence-corrected chi connectivity index (χ4v) is 8.40. The molecule has 0 aliphatic heterocycles. The highest BCUT2D eigenvalue weighted by atomic mass is 35.5. The highest BCUT2D eigenvalue weighted by molar-refractivity contribution is 7.92. The van der Waals surface area contributed by atoms with Crippen LogP contribution in [0, 0.1) is 41.7 Å². The topological polar surface area (TPSA) is 170 Å². The molecule has 1 fully saturated rings. The van der Waals surface area contributed by atoms with Gasteiger partial charge in [-0.2, -0.15) is 32.1 Å². The Hall–Kier alpha value is -5.97. The largest absolute Gasteiger partial charge is 0.435 e. The first-order chi connectivity index (χ1) is 28.7. The minimum absolute atomic E-state index is 0.00698. The number of nitrogens with two attached hydrogens (primary N) is 1. The van der Waals surface area contributed by atoms with Gasteiger partial charge in [0.15, 0.2) is 11.5 Å². The van der Waals surface area contributed by atoms with Crippen LogP contribution in [0.2, 0.25) is 5.02 Å². The highest BCUT2D eigenvalue weighted by Gasteiger charge is 2.56. The molecular weight excluding hydrogens is 883 g/mol. The number of nitrogens with zero attached hydrogens (tertiary/aromatic N) is 5. The molecule has 326 valence electrons. The first-order valence-corrected chi connectivity index (χ1v) is 20.3. The van der Waals surface area contributed by atoms with Crippen molar-refractivity contribution in [1.82, 2.24) is 29.9 Å².